The maximum Gasteiger partial charge on any atom is 0.310 e. The van der Waals surface area contributed by atoms with Crippen LogP contribution in [-0.4, -0.2) is 28.4 Å². The van der Waals surface area contributed by atoms with E-state index in [0.717, 1.165) is 19.3 Å². The van der Waals surface area contributed by atoms with Gasteiger partial charge >= 0.3 is 5.97 Å². The summed E-state index contributed by atoms with van der Waals surface area (Å²) >= 11 is 1.75. The highest BCUT2D eigenvalue weighted by atomic mass is 32.1. The Bertz CT molecular complexity index is 560. The number of rotatable bonds is 3. The summed E-state index contributed by atoms with van der Waals surface area (Å²) in [5.41, 5.74) is 0.418. The van der Waals surface area contributed by atoms with Crippen LogP contribution in [-0.2, 0) is 16.0 Å². The molecule has 21 heavy (non-hydrogen) atoms. The number of carbonyl (C=O) groups is 2. The third kappa shape index (κ3) is 2.48. The number of nitrogens with zero attached hydrogens (tertiary/aromatic N) is 1. The maximum atomic E-state index is 12.7. The van der Waals surface area contributed by atoms with Crippen LogP contribution in [0.15, 0.2) is 11.4 Å². The average Bonchev–Trinajstić information content (AvgIpc) is 3.08. The number of hydrogen-bond donors (Lipinski definition) is 1. The number of amides is 1. The van der Waals surface area contributed by atoms with Gasteiger partial charge in [-0.25, -0.2) is 0 Å². The van der Waals surface area contributed by atoms with Crippen molar-refractivity contribution in [2.24, 2.45) is 5.41 Å². The first-order valence-electron chi connectivity index (χ1n) is 7.63. The Kier molecular flexibility index (Phi) is 3.78. The number of thiophene rings is 1. The molecule has 114 valence electrons. The van der Waals surface area contributed by atoms with Crippen LogP contribution in [0.4, 0.5) is 0 Å². The Hall–Kier alpha value is -1.36. The van der Waals surface area contributed by atoms with E-state index in [1.54, 1.807) is 11.3 Å². The largest absolute Gasteiger partial charge is 0.481 e. The van der Waals surface area contributed by atoms with E-state index in [1.165, 1.54) is 10.4 Å². The lowest BCUT2D eigenvalue weighted by Crippen LogP contribution is -2.42. The lowest BCUT2D eigenvalue weighted by atomic mass is 9.82. The molecule has 0 spiro atoms. The third-order valence-corrected chi connectivity index (χ3v) is 6.10. The van der Waals surface area contributed by atoms with Crippen molar-refractivity contribution in [3.05, 3.63) is 21.9 Å². The lowest BCUT2D eigenvalue weighted by molar-refractivity contribution is -0.154. The predicted molar refractivity (Wildman–Crippen MR) is 81.3 cm³/mol. The van der Waals surface area contributed by atoms with E-state index in [4.69, 9.17) is 0 Å². The molecular weight excluding hydrogens is 286 g/mol. The summed E-state index contributed by atoms with van der Waals surface area (Å²) < 4.78 is 0. The molecule has 0 radical (unpaired) electrons. The van der Waals surface area contributed by atoms with Gasteiger partial charge in [0.1, 0.15) is 0 Å². The van der Waals surface area contributed by atoms with Crippen molar-refractivity contribution in [1.82, 2.24) is 4.90 Å². The van der Waals surface area contributed by atoms with E-state index in [1.807, 2.05) is 11.8 Å². The molecular formula is C16H21NO3S. The minimum absolute atomic E-state index is 0.00338. The molecule has 0 aromatic carbocycles. The molecule has 1 amide bonds. The average molecular weight is 307 g/mol. The molecule has 3 rings (SSSR count). The molecule has 1 aliphatic heterocycles. The van der Waals surface area contributed by atoms with Gasteiger partial charge in [-0.3, -0.25) is 9.59 Å². The van der Waals surface area contributed by atoms with Gasteiger partial charge < -0.3 is 10.0 Å². The van der Waals surface area contributed by atoms with E-state index in [-0.39, 0.29) is 18.4 Å². The van der Waals surface area contributed by atoms with Gasteiger partial charge in [0.05, 0.1) is 11.5 Å². The molecule has 0 saturated heterocycles. The molecule has 5 heteroatoms. The Morgan fingerprint density at radius 2 is 2.14 bits per heavy atom. The minimum Gasteiger partial charge on any atom is -0.481 e. The maximum absolute atomic E-state index is 12.7. The summed E-state index contributed by atoms with van der Waals surface area (Å²) in [5, 5.41) is 11.6. The second-order valence-corrected chi connectivity index (χ2v) is 7.28. The SMILES string of the molecule is CC1c2ccsc2CCN1C(=O)CC1(C(=O)O)CCCC1. The number of fused-ring (bicyclic) bond motifs is 1. The highest BCUT2D eigenvalue weighted by molar-refractivity contribution is 7.10. The van der Waals surface area contributed by atoms with Gasteiger partial charge in [0.25, 0.3) is 0 Å². The van der Waals surface area contributed by atoms with Crippen LogP contribution >= 0.6 is 11.3 Å². The first-order chi connectivity index (χ1) is 10.0. The van der Waals surface area contributed by atoms with E-state index in [0.29, 0.717) is 19.4 Å². The molecule has 1 N–H and O–H groups in total. The summed E-state index contributed by atoms with van der Waals surface area (Å²) in [6, 6.07) is 2.16. The van der Waals surface area contributed by atoms with Crippen molar-refractivity contribution in [2.75, 3.05) is 6.54 Å². The molecule has 4 nitrogen and oxygen atoms in total. The van der Waals surface area contributed by atoms with Crippen LogP contribution in [0.2, 0.25) is 0 Å². The van der Waals surface area contributed by atoms with Gasteiger partial charge in [0.2, 0.25) is 5.91 Å². The Balaban J connectivity index is 1.76. The van der Waals surface area contributed by atoms with Crippen molar-refractivity contribution in [3.8, 4) is 0 Å². The molecule has 1 atom stereocenters. The Morgan fingerprint density at radius 3 is 2.81 bits per heavy atom. The standard InChI is InChI=1S/C16H21NO3S/c1-11-12-5-9-21-13(12)4-8-17(11)14(18)10-16(15(19)20)6-2-3-7-16/h5,9,11H,2-4,6-8,10H2,1H3,(H,19,20). The number of carboxylic acids is 1. The van der Waals surface area contributed by atoms with Crippen LogP contribution in [0.3, 0.4) is 0 Å². The Morgan fingerprint density at radius 1 is 1.43 bits per heavy atom. The van der Waals surface area contributed by atoms with Gasteiger partial charge in [-0.2, -0.15) is 0 Å². The number of aliphatic carboxylic acids is 1. The topological polar surface area (TPSA) is 57.6 Å². The van der Waals surface area contributed by atoms with Crippen LogP contribution in [0, 0.1) is 5.41 Å². The van der Waals surface area contributed by atoms with Crippen molar-refractivity contribution >= 4 is 23.2 Å². The van der Waals surface area contributed by atoms with E-state index in [9.17, 15) is 14.7 Å². The van der Waals surface area contributed by atoms with Crippen molar-refractivity contribution in [2.45, 2.75) is 51.5 Å². The summed E-state index contributed by atoms with van der Waals surface area (Å²) in [5.74, 6) is -0.794. The molecule has 1 unspecified atom stereocenters. The molecule has 1 aromatic rings. The number of carbonyl (C=O) groups excluding carboxylic acids is 1. The molecule has 1 saturated carbocycles. The van der Waals surface area contributed by atoms with Crippen molar-refractivity contribution < 1.29 is 14.7 Å². The fourth-order valence-electron chi connectivity index (χ4n) is 3.76. The van der Waals surface area contributed by atoms with Crippen LogP contribution in [0.25, 0.3) is 0 Å². The van der Waals surface area contributed by atoms with Crippen molar-refractivity contribution in [3.63, 3.8) is 0 Å². The van der Waals surface area contributed by atoms with Gasteiger partial charge in [0.15, 0.2) is 0 Å². The van der Waals surface area contributed by atoms with Crippen LogP contribution < -0.4 is 0 Å². The molecule has 1 aromatic heterocycles. The van der Waals surface area contributed by atoms with E-state index < -0.39 is 11.4 Å². The fourth-order valence-corrected chi connectivity index (χ4v) is 4.72. The van der Waals surface area contributed by atoms with Gasteiger partial charge in [-0.1, -0.05) is 12.8 Å². The zero-order valence-corrected chi connectivity index (χ0v) is 13.1. The summed E-state index contributed by atoms with van der Waals surface area (Å²) in [6.45, 7) is 2.76. The molecule has 2 heterocycles. The zero-order valence-electron chi connectivity index (χ0n) is 12.3. The second-order valence-electron chi connectivity index (χ2n) is 6.28. The van der Waals surface area contributed by atoms with Crippen LogP contribution in [0.5, 0.6) is 0 Å². The van der Waals surface area contributed by atoms with Gasteiger partial charge in [-0.05, 0) is 43.2 Å². The zero-order chi connectivity index (χ0) is 15.0. The van der Waals surface area contributed by atoms with Crippen molar-refractivity contribution in [1.29, 1.82) is 0 Å². The fraction of sp³-hybridized carbons (Fsp3) is 0.625. The van der Waals surface area contributed by atoms with Gasteiger partial charge in [0, 0.05) is 17.8 Å². The second kappa shape index (κ2) is 5.44. The highest BCUT2D eigenvalue weighted by Gasteiger charge is 2.44. The molecule has 1 aliphatic carbocycles. The summed E-state index contributed by atoms with van der Waals surface area (Å²) in [6.07, 6.45) is 4.17. The number of carboxylic acid groups (broad SMARTS) is 1. The first kappa shape index (κ1) is 14.6. The molecule has 0 bridgehead atoms. The summed E-state index contributed by atoms with van der Waals surface area (Å²) in [7, 11) is 0. The van der Waals surface area contributed by atoms with Crippen LogP contribution in [0.1, 0.15) is 55.5 Å². The lowest BCUT2D eigenvalue weighted by Gasteiger charge is -2.36. The molecule has 1 fully saturated rings. The highest BCUT2D eigenvalue weighted by Crippen LogP contribution is 2.43. The Labute approximate surface area is 128 Å². The smallest absolute Gasteiger partial charge is 0.310 e. The normalized spacial score (nSPS) is 23.9. The predicted octanol–water partition coefficient (Wildman–Crippen LogP) is 3.23. The van der Waals surface area contributed by atoms with E-state index >= 15 is 0 Å². The quantitative estimate of drug-likeness (QED) is 0.932. The third-order valence-electron chi connectivity index (χ3n) is 5.10. The number of hydrogen-bond acceptors (Lipinski definition) is 3. The minimum atomic E-state index is -0.814. The monoisotopic (exact) mass is 307 g/mol. The van der Waals surface area contributed by atoms with E-state index in [2.05, 4.69) is 11.4 Å². The van der Waals surface area contributed by atoms with Gasteiger partial charge in [-0.15, -0.1) is 11.3 Å². The molecule has 2 aliphatic rings. The first-order valence-corrected chi connectivity index (χ1v) is 8.51. The summed E-state index contributed by atoms with van der Waals surface area (Å²) in [4.78, 5) is 27.5.